The van der Waals surface area contributed by atoms with E-state index in [1.165, 1.54) is 0 Å². The van der Waals surface area contributed by atoms with E-state index >= 15 is 0 Å². The summed E-state index contributed by atoms with van der Waals surface area (Å²) in [5.41, 5.74) is 5.68. The molecule has 10 heavy (non-hydrogen) atoms. The molecule has 0 bridgehead atoms. The van der Waals surface area contributed by atoms with Crippen molar-refractivity contribution in [3.8, 4) is 0 Å². The van der Waals surface area contributed by atoms with Gasteiger partial charge in [0, 0.05) is 12.6 Å². The number of fused-ring (bicyclic) bond motifs is 1. The van der Waals surface area contributed by atoms with Crippen LogP contribution in [0.1, 0.15) is 18.3 Å². The fourth-order valence-corrected chi connectivity index (χ4v) is 0.926. The Morgan fingerprint density at radius 2 is 2.60 bits per heavy atom. The van der Waals surface area contributed by atoms with Gasteiger partial charge in [0.2, 0.25) is 0 Å². The maximum atomic E-state index is 5.68. The second kappa shape index (κ2) is 1.88. The van der Waals surface area contributed by atoms with Crippen LogP contribution in [0, 0.1) is 0 Å². The standard InChI is InChI=1S/C5H7N5/c6-4-1-2-8-10-3-7-9-5(4)10/h2-4H,1,6H2. The minimum absolute atomic E-state index is 0.0417. The van der Waals surface area contributed by atoms with Crippen molar-refractivity contribution < 1.29 is 0 Å². The molecule has 0 saturated carbocycles. The van der Waals surface area contributed by atoms with Crippen molar-refractivity contribution in [2.75, 3.05) is 0 Å². The number of hydrogen-bond donors (Lipinski definition) is 1. The third-order valence-corrected chi connectivity index (χ3v) is 1.45. The normalized spacial score (nSPS) is 22.7. The van der Waals surface area contributed by atoms with Gasteiger partial charge in [-0.05, 0) is 0 Å². The van der Waals surface area contributed by atoms with Crippen LogP contribution in [-0.4, -0.2) is 21.1 Å². The first kappa shape index (κ1) is 5.55. The van der Waals surface area contributed by atoms with Crippen molar-refractivity contribution in [2.24, 2.45) is 10.8 Å². The van der Waals surface area contributed by atoms with E-state index in [2.05, 4.69) is 15.3 Å². The summed E-state index contributed by atoms with van der Waals surface area (Å²) in [6.07, 6.45) is 4.06. The van der Waals surface area contributed by atoms with Crippen LogP contribution in [-0.2, 0) is 0 Å². The number of nitrogens with zero attached hydrogens (tertiary/aromatic N) is 4. The maximum absolute atomic E-state index is 5.68. The summed E-state index contributed by atoms with van der Waals surface area (Å²) in [5, 5.41) is 11.5. The van der Waals surface area contributed by atoms with Crippen molar-refractivity contribution >= 4 is 6.21 Å². The molecule has 1 unspecified atom stereocenters. The van der Waals surface area contributed by atoms with Crippen molar-refractivity contribution in [3.05, 3.63) is 12.2 Å². The molecular formula is C5H7N5. The van der Waals surface area contributed by atoms with Gasteiger partial charge in [-0.1, -0.05) is 0 Å². The van der Waals surface area contributed by atoms with Gasteiger partial charge in [0.25, 0.3) is 0 Å². The first-order chi connectivity index (χ1) is 4.88. The molecule has 0 spiro atoms. The number of nitrogens with two attached hydrogens (primary N) is 1. The first-order valence-corrected chi connectivity index (χ1v) is 3.06. The molecule has 1 aliphatic rings. The molecule has 1 aromatic rings. The molecular weight excluding hydrogens is 130 g/mol. The van der Waals surface area contributed by atoms with Crippen LogP contribution in [0.2, 0.25) is 0 Å². The van der Waals surface area contributed by atoms with E-state index in [9.17, 15) is 0 Å². The predicted octanol–water partition coefficient (Wildman–Crippen LogP) is -0.485. The Morgan fingerprint density at radius 1 is 1.70 bits per heavy atom. The lowest BCUT2D eigenvalue weighted by molar-refractivity contribution is 0.624. The molecule has 0 fully saturated rings. The van der Waals surface area contributed by atoms with E-state index in [0.717, 1.165) is 12.2 Å². The van der Waals surface area contributed by atoms with Gasteiger partial charge in [0.15, 0.2) is 5.82 Å². The van der Waals surface area contributed by atoms with Crippen LogP contribution in [0.4, 0.5) is 0 Å². The average molecular weight is 137 g/mol. The molecule has 2 rings (SSSR count). The zero-order valence-electron chi connectivity index (χ0n) is 5.31. The molecule has 1 aromatic heterocycles. The Kier molecular flexibility index (Phi) is 1.04. The zero-order valence-corrected chi connectivity index (χ0v) is 5.31. The van der Waals surface area contributed by atoms with Crippen LogP contribution in [0.3, 0.4) is 0 Å². The van der Waals surface area contributed by atoms with Gasteiger partial charge in [-0.3, -0.25) is 0 Å². The predicted molar refractivity (Wildman–Crippen MR) is 35.5 cm³/mol. The van der Waals surface area contributed by atoms with Gasteiger partial charge in [-0.2, -0.15) is 5.10 Å². The molecule has 0 saturated heterocycles. The van der Waals surface area contributed by atoms with Gasteiger partial charge < -0.3 is 5.73 Å². The lowest BCUT2D eigenvalue weighted by Crippen LogP contribution is -2.18. The van der Waals surface area contributed by atoms with Gasteiger partial charge in [0.1, 0.15) is 6.33 Å². The number of hydrogen-bond acceptors (Lipinski definition) is 4. The van der Waals surface area contributed by atoms with Crippen molar-refractivity contribution in [1.29, 1.82) is 0 Å². The molecule has 0 radical (unpaired) electrons. The Labute approximate surface area is 57.6 Å². The average Bonchev–Trinajstić information content (AvgIpc) is 2.36. The highest BCUT2D eigenvalue weighted by Crippen LogP contribution is 2.12. The fourth-order valence-electron chi connectivity index (χ4n) is 0.926. The topological polar surface area (TPSA) is 69.1 Å². The summed E-state index contributed by atoms with van der Waals surface area (Å²) in [7, 11) is 0. The van der Waals surface area contributed by atoms with E-state index in [4.69, 9.17) is 5.73 Å². The maximum Gasteiger partial charge on any atom is 0.171 e. The minimum atomic E-state index is -0.0417. The Bertz CT molecular complexity index is 263. The van der Waals surface area contributed by atoms with Gasteiger partial charge in [-0.15, -0.1) is 10.2 Å². The Hall–Kier alpha value is -1.23. The third kappa shape index (κ3) is 0.640. The van der Waals surface area contributed by atoms with E-state index in [1.54, 1.807) is 17.2 Å². The van der Waals surface area contributed by atoms with Gasteiger partial charge >= 0.3 is 0 Å². The van der Waals surface area contributed by atoms with Crippen LogP contribution < -0.4 is 5.73 Å². The molecule has 0 aliphatic carbocycles. The van der Waals surface area contributed by atoms with Crippen LogP contribution in [0.15, 0.2) is 11.4 Å². The van der Waals surface area contributed by atoms with Crippen LogP contribution in [0.25, 0.3) is 0 Å². The second-order valence-electron chi connectivity index (χ2n) is 2.17. The molecule has 5 nitrogen and oxygen atoms in total. The quantitative estimate of drug-likeness (QED) is 0.524. The summed E-state index contributed by atoms with van der Waals surface area (Å²) in [6, 6.07) is -0.0417. The van der Waals surface area contributed by atoms with Gasteiger partial charge in [-0.25, -0.2) is 4.68 Å². The van der Waals surface area contributed by atoms with Crippen molar-refractivity contribution in [3.63, 3.8) is 0 Å². The molecule has 0 amide bonds. The second-order valence-corrected chi connectivity index (χ2v) is 2.17. The molecule has 5 heteroatoms. The highest BCUT2D eigenvalue weighted by Gasteiger charge is 2.14. The zero-order chi connectivity index (χ0) is 6.97. The molecule has 52 valence electrons. The molecule has 0 aromatic carbocycles. The number of aromatic nitrogens is 3. The summed E-state index contributed by atoms with van der Waals surface area (Å²) >= 11 is 0. The van der Waals surface area contributed by atoms with E-state index in [0.29, 0.717) is 0 Å². The fraction of sp³-hybridized carbons (Fsp3) is 0.400. The largest absolute Gasteiger partial charge is 0.321 e. The lowest BCUT2D eigenvalue weighted by atomic mass is 10.2. The van der Waals surface area contributed by atoms with E-state index in [1.807, 2.05) is 0 Å². The Morgan fingerprint density at radius 3 is 3.40 bits per heavy atom. The minimum Gasteiger partial charge on any atom is -0.321 e. The summed E-state index contributed by atoms with van der Waals surface area (Å²) in [5.74, 6) is 0.738. The summed E-state index contributed by atoms with van der Waals surface area (Å²) in [6.45, 7) is 0. The summed E-state index contributed by atoms with van der Waals surface area (Å²) in [4.78, 5) is 0. The highest BCUT2D eigenvalue weighted by atomic mass is 15.4. The monoisotopic (exact) mass is 137 g/mol. The first-order valence-electron chi connectivity index (χ1n) is 3.06. The van der Waals surface area contributed by atoms with E-state index < -0.39 is 0 Å². The highest BCUT2D eigenvalue weighted by molar-refractivity contribution is 5.59. The molecule has 2 heterocycles. The van der Waals surface area contributed by atoms with E-state index in [-0.39, 0.29) is 6.04 Å². The molecule has 1 aliphatic heterocycles. The molecule has 2 N–H and O–H groups in total. The SMILES string of the molecule is NC1CC=Nn2cnnc21. The third-order valence-electron chi connectivity index (χ3n) is 1.45. The van der Waals surface area contributed by atoms with Crippen molar-refractivity contribution in [2.45, 2.75) is 12.5 Å². The van der Waals surface area contributed by atoms with Crippen LogP contribution >= 0.6 is 0 Å². The number of rotatable bonds is 0. The van der Waals surface area contributed by atoms with Gasteiger partial charge in [0.05, 0.1) is 6.04 Å². The van der Waals surface area contributed by atoms with Crippen LogP contribution in [0.5, 0.6) is 0 Å². The lowest BCUT2D eigenvalue weighted by Gasteiger charge is -2.10. The smallest absolute Gasteiger partial charge is 0.171 e. The van der Waals surface area contributed by atoms with Crippen molar-refractivity contribution in [1.82, 2.24) is 14.9 Å². The Balaban J connectivity index is 2.52. The summed E-state index contributed by atoms with van der Waals surface area (Å²) < 4.78 is 1.59. The molecule has 1 atom stereocenters.